The molecule has 24 heavy (non-hydrogen) atoms. The fourth-order valence-electron chi connectivity index (χ4n) is 2.18. The number of nitrogens with zero attached hydrogens (tertiary/aromatic N) is 2. The molecule has 0 aliphatic heterocycles. The molecule has 0 bridgehead atoms. The summed E-state index contributed by atoms with van der Waals surface area (Å²) >= 11 is 0. The molecule has 0 unspecified atom stereocenters. The first kappa shape index (κ1) is 20.2. The molecular weight excluding hydrogens is 300 g/mol. The Hall–Kier alpha value is -1.86. The molecule has 6 heteroatoms. The maximum atomic E-state index is 4.43. The van der Waals surface area contributed by atoms with Gasteiger partial charge in [-0.05, 0) is 52.5 Å². The van der Waals surface area contributed by atoms with Crippen molar-refractivity contribution in [3.05, 3.63) is 59.2 Å². The first-order valence-electron chi connectivity index (χ1n) is 8.21. The molecule has 2 heterocycles. The zero-order valence-electron chi connectivity index (χ0n) is 15.2. The summed E-state index contributed by atoms with van der Waals surface area (Å²) in [5.41, 5.74) is 4.35. The summed E-state index contributed by atoms with van der Waals surface area (Å²) in [6, 6.07) is 12.2. The Kier molecular flexibility index (Phi) is 10.6. The van der Waals surface area contributed by atoms with Crippen molar-refractivity contribution in [1.82, 2.24) is 31.2 Å². The third kappa shape index (κ3) is 8.12. The van der Waals surface area contributed by atoms with Crippen molar-refractivity contribution < 1.29 is 0 Å². The van der Waals surface area contributed by atoms with Gasteiger partial charge in [-0.15, -0.1) is 0 Å². The van der Waals surface area contributed by atoms with Crippen LogP contribution in [0.1, 0.15) is 22.8 Å². The van der Waals surface area contributed by atoms with Crippen LogP contribution in [0, 0.1) is 0 Å². The molecule has 4 N–H and O–H groups in total. The second-order valence-electron chi connectivity index (χ2n) is 5.36. The van der Waals surface area contributed by atoms with Crippen LogP contribution in [0.25, 0.3) is 0 Å². The van der Waals surface area contributed by atoms with Crippen molar-refractivity contribution in [3.8, 4) is 0 Å². The summed E-state index contributed by atoms with van der Waals surface area (Å²) < 4.78 is 0. The molecule has 0 atom stereocenters. The van der Waals surface area contributed by atoms with Crippen molar-refractivity contribution in [3.63, 3.8) is 0 Å². The lowest BCUT2D eigenvalue weighted by Crippen LogP contribution is -2.11. The second kappa shape index (κ2) is 12.5. The Balaban J connectivity index is 0.000000240. The SMILES string of the molecule is CNCc1cccc(CNC)n1.CNCc1cccc(CNC)n1. The van der Waals surface area contributed by atoms with Gasteiger partial charge in [-0.3, -0.25) is 9.97 Å². The van der Waals surface area contributed by atoms with Crippen LogP contribution >= 0.6 is 0 Å². The molecule has 2 aromatic rings. The first-order chi connectivity index (χ1) is 11.7. The highest BCUT2D eigenvalue weighted by Crippen LogP contribution is 1.99. The van der Waals surface area contributed by atoms with Crippen LogP contribution in [-0.2, 0) is 26.2 Å². The van der Waals surface area contributed by atoms with E-state index in [1.165, 1.54) is 0 Å². The summed E-state index contributed by atoms with van der Waals surface area (Å²) in [5.74, 6) is 0. The van der Waals surface area contributed by atoms with Crippen LogP contribution in [0.4, 0.5) is 0 Å². The maximum absolute atomic E-state index is 4.43. The van der Waals surface area contributed by atoms with E-state index in [1.807, 2.05) is 64.6 Å². The average molecular weight is 330 g/mol. The Morgan fingerprint density at radius 2 is 0.792 bits per heavy atom. The average Bonchev–Trinajstić information content (AvgIpc) is 2.58. The monoisotopic (exact) mass is 330 g/mol. The van der Waals surface area contributed by atoms with E-state index in [2.05, 4.69) is 31.2 Å². The van der Waals surface area contributed by atoms with Crippen LogP contribution in [0.15, 0.2) is 36.4 Å². The van der Waals surface area contributed by atoms with Gasteiger partial charge in [0.05, 0.1) is 22.8 Å². The summed E-state index contributed by atoms with van der Waals surface area (Å²) in [5, 5.41) is 12.3. The first-order valence-corrected chi connectivity index (χ1v) is 8.21. The quantitative estimate of drug-likeness (QED) is 0.580. The molecule has 0 aliphatic rings. The molecule has 0 spiro atoms. The highest BCUT2D eigenvalue weighted by molar-refractivity contribution is 5.11. The van der Waals surface area contributed by atoms with Crippen molar-refractivity contribution in [2.45, 2.75) is 26.2 Å². The van der Waals surface area contributed by atoms with Gasteiger partial charge in [-0.25, -0.2) is 0 Å². The minimum Gasteiger partial charge on any atom is -0.314 e. The fourth-order valence-corrected chi connectivity index (χ4v) is 2.18. The van der Waals surface area contributed by atoms with E-state index in [1.54, 1.807) is 0 Å². The number of pyridine rings is 2. The predicted molar refractivity (Wildman–Crippen MR) is 99.5 cm³/mol. The Labute approximate surface area is 145 Å². The van der Waals surface area contributed by atoms with Crippen LogP contribution in [-0.4, -0.2) is 38.2 Å². The second-order valence-corrected chi connectivity index (χ2v) is 5.36. The molecule has 2 rings (SSSR count). The number of aromatic nitrogens is 2. The Morgan fingerprint density at radius 3 is 1.00 bits per heavy atom. The highest BCUT2D eigenvalue weighted by atomic mass is 14.9. The lowest BCUT2D eigenvalue weighted by Gasteiger charge is -2.02. The van der Waals surface area contributed by atoms with Gasteiger partial charge in [0, 0.05) is 26.2 Å². The number of hydrogen-bond acceptors (Lipinski definition) is 6. The minimum absolute atomic E-state index is 0.831. The van der Waals surface area contributed by atoms with E-state index in [9.17, 15) is 0 Å². The number of rotatable bonds is 8. The Bertz CT molecular complexity index is 479. The van der Waals surface area contributed by atoms with Gasteiger partial charge in [-0.1, -0.05) is 12.1 Å². The molecular formula is C18H30N6. The standard InChI is InChI=1S/2C9H15N3/c2*1-10-6-8-4-3-5-9(12-8)7-11-2/h2*3-5,10-11H,6-7H2,1-2H3. The van der Waals surface area contributed by atoms with Crippen LogP contribution < -0.4 is 21.3 Å². The van der Waals surface area contributed by atoms with Crippen molar-refractivity contribution in [2.75, 3.05) is 28.2 Å². The topological polar surface area (TPSA) is 73.9 Å². The number of hydrogen-bond donors (Lipinski definition) is 4. The van der Waals surface area contributed by atoms with E-state index in [4.69, 9.17) is 0 Å². The van der Waals surface area contributed by atoms with Gasteiger partial charge in [0.25, 0.3) is 0 Å². The van der Waals surface area contributed by atoms with Crippen LogP contribution in [0.3, 0.4) is 0 Å². The van der Waals surface area contributed by atoms with Gasteiger partial charge in [0.1, 0.15) is 0 Å². The molecule has 0 aliphatic carbocycles. The smallest absolute Gasteiger partial charge is 0.0545 e. The van der Waals surface area contributed by atoms with E-state index in [0.717, 1.165) is 49.0 Å². The largest absolute Gasteiger partial charge is 0.314 e. The van der Waals surface area contributed by atoms with Crippen molar-refractivity contribution >= 4 is 0 Å². The molecule has 0 saturated carbocycles. The van der Waals surface area contributed by atoms with E-state index < -0.39 is 0 Å². The molecule has 6 nitrogen and oxygen atoms in total. The van der Waals surface area contributed by atoms with E-state index in [0.29, 0.717) is 0 Å². The summed E-state index contributed by atoms with van der Waals surface area (Å²) in [6.45, 7) is 3.32. The van der Waals surface area contributed by atoms with Gasteiger partial charge >= 0.3 is 0 Å². The zero-order chi connectivity index (χ0) is 17.6. The maximum Gasteiger partial charge on any atom is 0.0545 e. The van der Waals surface area contributed by atoms with Gasteiger partial charge < -0.3 is 21.3 Å². The zero-order valence-corrected chi connectivity index (χ0v) is 15.2. The normalized spacial score (nSPS) is 10.2. The highest BCUT2D eigenvalue weighted by Gasteiger charge is 1.95. The third-order valence-electron chi connectivity index (χ3n) is 3.16. The summed E-state index contributed by atoms with van der Waals surface area (Å²) in [4.78, 5) is 8.85. The van der Waals surface area contributed by atoms with Gasteiger partial charge in [0.2, 0.25) is 0 Å². The Morgan fingerprint density at radius 1 is 0.542 bits per heavy atom. The molecule has 132 valence electrons. The molecule has 0 amide bonds. The molecule has 2 aromatic heterocycles. The fraction of sp³-hybridized carbons (Fsp3) is 0.444. The lowest BCUT2D eigenvalue weighted by atomic mass is 10.3. The molecule has 0 radical (unpaired) electrons. The molecule has 0 fully saturated rings. The van der Waals surface area contributed by atoms with Crippen LogP contribution in [0.2, 0.25) is 0 Å². The molecule has 0 aromatic carbocycles. The lowest BCUT2D eigenvalue weighted by molar-refractivity contribution is 0.750. The van der Waals surface area contributed by atoms with E-state index in [-0.39, 0.29) is 0 Å². The van der Waals surface area contributed by atoms with Crippen molar-refractivity contribution in [1.29, 1.82) is 0 Å². The number of nitrogens with one attached hydrogen (secondary N) is 4. The molecule has 0 saturated heterocycles. The van der Waals surface area contributed by atoms with E-state index >= 15 is 0 Å². The van der Waals surface area contributed by atoms with Gasteiger partial charge in [-0.2, -0.15) is 0 Å². The predicted octanol–water partition coefficient (Wildman–Crippen LogP) is 1.04. The third-order valence-corrected chi connectivity index (χ3v) is 3.16. The minimum atomic E-state index is 0.831. The van der Waals surface area contributed by atoms with Gasteiger partial charge in [0.15, 0.2) is 0 Å². The van der Waals surface area contributed by atoms with Crippen LogP contribution in [0.5, 0.6) is 0 Å². The summed E-state index contributed by atoms with van der Waals surface area (Å²) in [6.07, 6.45) is 0. The van der Waals surface area contributed by atoms with Crippen molar-refractivity contribution in [2.24, 2.45) is 0 Å². The summed E-state index contributed by atoms with van der Waals surface area (Å²) in [7, 11) is 7.69.